The second kappa shape index (κ2) is 7.56. The van der Waals surface area contributed by atoms with Crippen LogP contribution in [0.25, 0.3) is 0 Å². The van der Waals surface area contributed by atoms with Crippen LogP contribution in [-0.2, 0) is 0 Å². The van der Waals surface area contributed by atoms with Gasteiger partial charge in [-0.15, -0.1) is 0 Å². The number of hydrogen-bond donors (Lipinski definition) is 1. The van der Waals surface area contributed by atoms with E-state index in [4.69, 9.17) is 5.11 Å². The summed E-state index contributed by atoms with van der Waals surface area (Å²) in [5.74, 6) is 0. The van der Waals surface area contributed by atoms with Crippen molar-refractivity contribution in [1.29, 1.82) is 0 Å². The van der Waals surface area contributed by atoms with Gasteiger partial charge < -0.3 is 10.0 Å². The van der Waals surface area contributed by atoms with Crippen LogP contribution in [0.3, 0.4) is 0 Å². The van der Waals surface area contributed by atoms with Crippen LogP contribution in [0.5, 0.6) is 0 Å². The first kappa shape index (κ1) is 11.9. The van der Waals surface area contributed by atoms with Crippen molar-refractivity contribution in [2.24, 2.45) is 0 Å². The van der Waals surface area contributed by atoms with E-state index in [-0.39, 0.29) is 0 Å². The summed E-state index contributed by atoms with van der Waals surface area (Å²) >= 11 is 0. The van der Waals surface area contributed by atoms with E-state index in [9.17, 15) is 0 Å². The molecule has 0 aliphatic heterocycles. The van der Waals surface area contributed by atoms with Crippen LogP contribution in [0.4, 0.5) is 0 Å². The Kier molecular flexibility index (Phi) is 7.51. The van der Waals surface area contributed by atoms with Gasteiger partial charge in [-0.1, -0.05) is 20.8 Å². The van der Waals surface area contributed by atoms with Gasteiger partial charge in [0.25, 0.3) is 0 Å². The number of nitrogens with zero attached hydrogens (tertiary/aromatic N) is 1. The van der Waals surface area contributed by atoms with E-state index in [0.29, 0.717) is 12.6 Å². The third-order valence-corrected chi connectivity index (χ3v) is 2.50. The molecule has 0 fully saturated rings. The monoisotopic (exact) mass is 173 g/mol. The Morgan fingerprint density at radius 2 is 1.75 bits per heavy atom. The fourth-order valence-electron chi connectivity index (χ4n) is 1.71. The quantitative estimate of drug-likeness (QED) is 0.635. The lowest BCUT2D eigenvalue weighted by Gasteiger charge is -2.28. The average molecular weight is 173 g/mol. The molecule has 1 unspecified atom stereocenters. The van der Waals surface area contributed by atoms with Crippen LogP contribution in [0.15, 0.2) is 0 Å². The van der Waals surface area contributed by atoms with Crippen molar-refractivity contribution in [3.05, 3.63) is 0 Å². The molecule has 0 aromatic heterocycles. The summed E-state index contributed by atoms with van der Waals surface area (Å²) in [6.45, 7) is 9.20. The highest BCUT2D eigenvalue weighted by molar-refractivity contribution is 4.67. The van der Waals surface area contributed by atoms with Gasteiger partial charge in [-0.3, -0.25) is 0 Å². The van der Waals surface area contributed by atoms with E-state index >= 15 is 0 Å². The molecule has 0 aromatic carbocycles. The smallest absolute Gasteiger partial charge is 0.0431 e. The molecule has 0 bridgehead atoms. The maximum Gasteiger partial charge on any atom is 0.0431 e. The SMILES string of the molecule is CCC(CCCO)N(CC)CC. The molecule has 0 aliphatic carbocycles. The number of aliphatic hydroxyl groups is 1. The topological polar surface area (TPSA) is 23.5 Å². The molecule has 74 valence electrons. The molecular formula is C10H23NO. The van der Waals surface area contributed by atoms with Crippen molar-refractivity contribution < 1.29 is 5.11 Å². The predicted molar refractivity (Wildman–Crippen MR) is 53.3 cm³/mol. The largest absolute Gasteiger partial charge is 0.396 e. The van der Waals surface area contributed by atoms with E-state index in [1.807, 2.05) is 0 Å². The first-order valence-corrected chi connectivity index (χ1v) is 5.14. The van der Waals surface area contributed by atoms with Crippen molar-refractivity contribution >= 4 is 0 Å². The van der Waals surface area contributed by atoms with Crippen LogP contribution >= 0.6 is 0 Å². The Bertz CT molecular complexity index is 91.8. The number of aliphatic hydroxyl groups excluding tert-OH is 1. The summed E-state index contributed by atoms with van der Waals surface area (Å²) in [5, 5.41) is 8.72. The van der Waals surface area contributed by atoms with Crippen molar-refractivity contribution in [3.63, 3.8) is 0 Å². The molecule has 0 radical (unpaired) electrons. The van der Waals surface area contributed by atoms with Gasteiger partial charge in [0.1, 0.15) is 0 Å². The minimum Gasteiger partial charge on any atom is -0.396 e. The summed E-state index contributed by atoms with van der Waals surface area (Å²) in [7, 11) is 0. The Balaban J connectivity index is 3.75. The van der Waals surface area contributed by atoms with Crippen LogP contribution < -0.4 is 0 Å². The summed E-state index contributed by atoms with van der Waals surface area (Å²) in [6, 6.07) is 0.673. The molecule has 0 aliphatic rings. The number of rotatable bonds is 7. The van der Waals surface area contributed by atoms with Gasteiger partial charge in [-0.25, -0.2) is 0 Å². The zero-order valence-electron chi connectivity index (χ0n) is 8.71. The molecule has 2 heteroatoms. The Hall–Kier alpha value is -0.0800. The van der Waals surface area contributed by atoms with E-state index in [1.54, 1.807) is 0 Å². The summed E-state index contributed by atoms with van der Waals surface area (Å²) in [4.78, 5) is 2.47. The van der Waals surface area contributed by atoms with E-state index in [1.165, 1.54) is 6.42 Å². The third kappa shape index (κ3) is 4.07. The second-order valence-electron chi connectivity index (χ2n) is 3.15. The lowest BCUT2D eigenvalue weighted by Crippen LogP contribution is -2.34. The van der Waals surface area contributed by atoms with Crippen molar-refractivity contribution in [3.8, 4) is 0 Å². The highest BCUT2D eigenvalue weighted by atomic mass is 16.2. The Labute approximate surface area is 76.6 Å². The van der Waals surface area contributed by atoms with Gasteiger partial charge in [0.2, 0.25) is 0 Å². The summed E-state index contributed by atoms with van der Waals surface area (Å²) in [6.07, 6.45) is 3.27. The fraction of sp³-hybridized carbons (Fsp3) is 1.00. The predicted octanol–water partition coefficient (Wildman–Crippen LogP) is 1.88. The van der Waals surface area contributed by atoms with E-state index < -0.39 is 0 Å². The highest BCUT2D eigenvalue weighted by Gasteiger charge is 2.11. The maximum atomic E-state index is 8.72. The molecular weight excluding hydrogens is 150 g/mol. The van der Waals surface area contributed by atoms with Gasteiger partial charge >= 0.3 is 0 Å². The van der Waals surface area contributed by atoms with Crippen molar-refractivity contribution in [2.75, 3.05) is 19.7 Å². The van der Waals surface area contributed by atoms with Crippen molar-refractivity contribution in [2.45, 2.75) is 46.1 Å². The molecule has 0 amide bonds. The minimum absolute atomic E-state index is 0.331. The molecule has 12 heavy (non-hydrogen) atoms. The molecule has 0 saturated carbocycles. The van der Waals surface area contributed by atoms with E-state index in [0.717, 1.165) is 25.9 Å². The highest BCUT2D eigenvalue weighted by Crippen LogP contribution is 2.09. The van der Waals surface area contributed by atoms with Gasteiger partial charge in [-0.2, -0.15) is 0 Å². The Morgan fingerprint density at radius 3 is 2.08 bits per heavy atom. The molecule has 0 spiro atoms. The molecule has 0 aromatic rings. The lowest BCUT2D eigenvalue weighted by molar-refractivity contribution is 0.183. The normalized spacial score (nSPS) is 13.8. The minimum atomic E-state index is 0.331. The third-order valence-electron chi connectivity index (χ3n) is 2.50. The first-order valence-electron chi connectivity index (χ1n) is 5.14. The second-order valence-corrected chi connectivity index (χ2v) is 3.15. The lowest BCUT2D eigenvalue weighted by atomic mass is 10.1. The van der Waals surface area contributed by atoms with Gasteiger partial charge in [0.05, 0.1) is 0 Å². The molecule has 0 rings (SSSR count). The fourth-order valence-corrected chi connectivity index (χ4v) is 1.71. The zero-order chi connectivity index (χ0) is 9.40. The molecule has 1 N–H and O–H groups in total. The van der Waals surface area contributed by atoms with Crippen LogP contribution in [-0.4, -0.2) is 35.7 Å². The standard InChI is InChI=1S/C10H23NO/c1-4-10(8-7-9-12)11(5-2)6-3/h10,12H,4-9H2,1-3H3. The molecule has 0 heterocycles. The summed E-state index contributed by atoms with van der Waals surface area (Å²) < 4.78 is 0. The zero-order valence-corrected chi connectivity index (χ0v) is 8.71. The average Bonchev–Trinajstić information content (AvgIpc) is 2.12. The number of hydrogen-bond acceptors (Lipinski definition) is 2. The van der Waals surface area contributed by atoms with Gasteiger partial charge in [0, 0.05) is 12.6 Å². The molecule has 2 nitrogen and oxygen atoms in total. The van der Waals surface area contributed by atoms with Crippen LogP contribution in [0.1, 0.15) is 40.0 Å². The first-order chi connectivity index (χ1) is 5.79. The summed E-state index contributed by atoms with van der Waals surface area (Å²) in [5.41, 5.74) is 0. The maximum absolute atomic E-state index is 8.72. The van der Waals surface area contributed by atoms with Crippen LogP contribution in [0.2, 0.25) is 0 Å². The molecule has 1 atom stereocenters. The van der Waals surface area contributed by atoms with Gasteiger partial charge in [-0.05, 0) is 32.4 Å². The van der Waals surface area contributed by atoms with Crippen LogP contribution in [0, 0.1) is 0 Å². The van der Waals surface area contributed by atoms with Gasteiger partial charge in [0.15, 0.2) is 0 Å². The van der Waals surface area contributed by atoms with Crippen molar-refractivity contribution in [1.82, 2.24) is 4.90 Å². The Morgan fingerprint density at radius 1 is 1.17 bits per heavy atom. The van der Waals surface area contributed by atoms with E-state index in [2.05, 4.69) is 25.7 Å². The molecule has 0 saturated heterocycles.